The highest BCUT2D eigenvalue weighted by molar-refractivity contribution is 9.10. The molecule has 0 aliphatic heterocycles. The lowest BCUT2D eigenvalue weighted by atomic mass is 9.97. The Labute approximate surface area is 207 Å². The molecule has 0 aromatic heterocycles. The minimum atomic E-state index is -0.604. The quantitative estimate of drug-likeness (QED) is 0.134. The molecule has 0 heterocycles. The van der Waals surface area contributed by atoms with Crippen molar-refractivity contribution in [2.24, 2.45) is 4.99 Å². The Morgan fingerprint density at radius 2 is 1.73 bits per heavy atom. The summed E-state index contributed by atoms with van der Waals surface area (Å²) >= 11 is 3.50. The number of carbonyl (C=O) groups is 1. The van der Waals surface area contributed by atoms with Crippen LogP contribution in [0.3, 0.4) is 0 Å². The van der Waals surface area contributed by atoms with Crippen LogP contribution >= 0.6 is 15.9 Å². The van der Waals surface area contributed by atoms with E-state index in [0.717, 1.165) is 26.7 Å². The number of esters is 1. The Bertz CT molecular complexity index is 996. The van der Waals surface area contributed by atoms with Crippen molar-refractivity contribution in [3.05, 3.63) is 81.3 Å². The molecule has 0 fully saturated rings. The van der Waals surface area contributed by atoms with Crippen LogP contribution in [0.1, 0.15) is 51.3 Å². The summed E-state index contributed by atoms with van der Waals surface area (Å²) in [6.07, 6.45) is 9.38. The summed E-state index contributed by atoms with van der Waals surface area (Å²) in [5.74, 6) is 2.16. The van der Waals surface area contributed by atoms with Crippen molar-refractivity contribution in [1.82, 2.24) is 0 Å². The Morgan fingerprint density at radius 1 is 1.12 bits per heavy atom. The van der Waals surface area contributed by atoms with E-state index in [1.165, 1.54) is 7.11 Å². The molecule has 0 spiro atoms. The third-order valence-electron chi connectivity index (χ3n) is 4.33. The number of carbonyl (C=O) groups excluding carboxylic acids is 1. The van der Waals surface area contributed by atoms with Crippen LogP contribution in [0.2, 0.25) is 0 Å². The number of terminal acetylenes is 1. The molecule has 0 aliphatic carbocycles. The van der Waals surface area contributed by atoms with Crippen molar-refractivity contribution >= 4 is 39.4 Å². The molecule has 0 aliphatic rings. The van der Waals surface area contributed by atoms with Crippen molar-refractivity contribution in [3.63, 3.8) is 0 Å². The van der Waals surface area contributed by atoms with Crippen LogP contribution < -0.4 is 0 Å². The average Bonchev–Trinajstić information content (AvgIpc) is 2.87. The molecule has 0 saturated carbocycles. The molecule has 0 atom stereocenters. The van der Waals surface area contributed by atoms with E-state index in [9.17, 15) is 4.79 Å². The van der Waals surface area contributed by atoms with E-state index < -0.39 is 5.97 Å². The summed E-state index contributed by atoms with van der Waals surface area (Å²) in [4.78, 5) is 15.9. The van der Waals surface area contributed by atoms with Gasteiger partial charge in [-0.05, 0) is 61.9 Å². The number of nitrogens with zero attached hydrogens (tertiary/aromatic N) is 1. The van der Waals surface area contributed by atoms with Gasteiger partial charge < -0.3 is 14.5 Å². The van der Waals surface area contributed by atoms with Gasteiger partial charge in [0.1, 0.15) is 6.61 Å². The Hall–Kier alpha value is -3.10. The summed E-state index contributed by atoms with van der Waals surface area (Å²) in [6, 6.07) is 15.4. The van der Waals surface area contributed by atoms with Gasteiger partial charge in [-0.15, -0.1) is 6.42 Å². The number of halogens is 1. The van der Waals surface area contributed by atoms with E-state index in [4.69, 9.17) is 15.9 Å². The maximum absolute atomic E-state index is 12.3. The third kappa shape index (κ3) is 9.93. The number of benzene rings is 2. The zero-order chi connectivity index (χ0) is 25.2. The minimum Gasteiger partial charge on any atom is -0.487 e. The molecule has 0 bridgehead atoms. The van der Waals surface area contributed by atoms with E-state index in [-0.39, 0.29) is 12.2 Å². The van der Waals surface area contributed by atoms with Crippen LogP contribution in [0.5, 0.6) is 0 Å². The molecule has 33 heavy (non-hydrogen) atoms. The Kier molecular flexibility index (Phi) is 15.8. The fraction of sp³-hybridized carbons (Fsp3) is 0.286. The number of hydrogen-bond acceptors (Lipinski definition) is 4. The van der Waals surface area contributed by atoms with Gasteiger partial charge in [-0.2, -0.15) is 0 Å². The summed E-state index contributed by atoms with van der Waals surface area (Å²) in [6.45, 7) is 10.1. The maximum atomic E-state index is 12.3. The molecular formula is C28H34BrNO3. The second-order valence-corrected chi connectivity index (χ2v) is 7.21. The van der Waals surface area contributed by atoms with E-state index in [1.54, 1.807) is 13.3 Å². The van der Waals surface area contributed by atoms with Gasteiger partial charge in [-0.25, -0.2) is 4.79 Å². The SMILES string of the molecule is C#C/C(C(=O)OC)=C(/OCc1ccccc1)c1ccc(Br)cc1/C(C)=C\C.CC.CC=NC. The van der Waals surface area contributed by atoms with Crippen LogP contribution in [-0.2, 0) is 20.9 Å². The van der Waals surface area contributed by atoms with Gasteiger partial charge in [0.05, 0.1) is 7.11 Å². The molecule has 5 heteroatoms. The highest BCUT2D eigenvalue weighted by atomic mass is 79.9. The van der Waals surface area contributed by atoms with Crippen LogP contribution in [0.25, 0.3) is 11.3 Å². The van der Waals surface area contributed by atoms with E-state index in [0.29, 0.717) is 5.76 Å². The van der Waals surface area contributed by atoms with Gasteiger partial charge in [0.25, 0.3) is 0 Å². The number of aliphatic imine (C=N–C) groups is 1. The first kappa shape index (κ1) is 29.9. The normalized spacial score (nSPS) is 11.2. The number of allylic oxidation sites excluding steroid dienone is 2. The molecule has 176 valence electrons. The van der Waals surface area contributed by atoms with Gasteiger partial charge in [0.15, 0.2) is 11.3 Å². The average molecular weight is 512 g/mol. The van der Waals surface area contributed by atoms with Gasteiger partial charge in [0, 0.05) is 17.1 Å². The highest BCUT2D eigenvalue weighted by Crippen LogP contribution is 2.32. The fourth-order valence-electron chi connectivity index (χ4n) is 2.53. The lowest BCUT2D eigenvalue weighted by Crippen LogP contribution is -2.09. The standard InChI is InChI=1S/C23H21BrO3.C3H7N.C2H6/c1-5-16(3)21-14-18(24)12-13-20(21)22(19(6-2)23(25)26-4)27-15-17-10-8-7-9-11-17;1-3-4-2;1-2/h2,5,7-14H,15H2,1,3-4H3;3H,1-2H3;1-2H3/b16-5-,22-19-;;. The minimum absolute atomic E-state index is 0.0564. The zero-order valence-electron chi connectivity index (χ0n) is 20.6. The van der Waals surface area contributed by atoms with Crippen molar-refractivity contribution in [2.75, 3.05) is 14.2 Å². The molecule has 0 unspecified atom stereocenters. The summed E-state index contributed by atoms with van der Waals surface area (Å²) in [5.41, 5.74) is 3.72. The molecule has 4 nitrogen and oxygen atoms in total. The first-order valence-electron chi connectivity index (χ1n) is 10.7. The van der Waals surface area contributed by atoms with Crippen molar-refractivity contribution in [3.8, 4) is 12.3 Å². The summed E-state index contributed by atoms with van der Waals surface area (Å²) in [7, 11) is 3.05. The van der Waals surface area contributed by atoms with Crippen LogP contribution in [0.15, 0.2) is 69.6 Å². The van der Waals surface area contributed by atoms with Crippen LogP contribution in [0, 0.1) is 12.3 Å². The molecule has 0 N–H and O–H groups in total. The Balaban J connectivity index is 0.00000154. The summed E-state index contributed by atoms with van der Waals surface area (Å²) in [5, 5.41) is 0. The molecular weight excluding hydrogens is 478 g/mol. The van der Waals surface area contributed by atoms with Crippen molar-refractivity contribution < 1.29 is 14.3 Å². The molecule has 2 rings (SSSR count). The van der Waals surface area contributed by atoms with Crippen LogP contribution in [0.4, 0.5) is 0 Å². The van der Waals surface area contributed by atoms with Gasteiger partial charge in [-0.1, -0.05) is 72.1 Å². The second kappa shape index (κ2) is 17.5. The number of hydrogen-bond donors (Lipinski definition) is 0. The molecule has 0 amide bonds. The highest BCUT2D eigenvalue weighted by Gasteiger charge is 2.21. The predicted octanol–water partition coefficient (Wildman–Crippen LogP) is 7.34. The van der Waals surface area contributed by atoms with Crippen molar-refractivity contribution in [2.45, 2.75) is 41.2 Å². The first-order valence-corrected chi connectivity index (χ1v) is 11.5. The lowest BCUT2D eigenvalue weighted by molar-refractivity contribution is -0.135. The smallest absolute Gasteiger partial charge is 0.350 e. The first-order chi connectivity index (χ1) is 15.9. The molecule has 2 aromatic rings. The van der Waals surface area contributed by atoms with Gasteiger partial charge in [-0.3, -0.25) is 0 Å². The third-order valence-corrected chi connectivity index (χ3v) is 4.82. The number of rotatable bonds is 6. The van der Waals surface area contributed by atoms with Gasteiger partial charge >= 0.3 is 5.97 Å². The van der Waals surface area contributed by atoms with Crippen LogP contribution in [-0.4, -0.2) is 26.3 Å². The maximum Gasteiger partial charge on any atom is 0.350 e. The Morgan fingerprint density at radius 3 is 2.21 bits per heavy atom. The van der Waals surface area contributed by atoms with E-state index in [1.807, 2.05) is 89.2 Å². The van der Waals surface area contributed by atoms with E-state index in [2.05, 4.69) is 26.8 Å². The monoisotopic (exact) mass is 511 g/mol. The second-order valence-electron chi connectivity index (χ2n) is 6.29. The van der Waals surface area contributed by atoms with Gasteiger partial charge in [0.2, 0.25) is 0 Å². The zero-order valence-corrected chi connectivity index (χ0v) is 22.2. The number of methoxy groups -OCH3 is 1. The fourth-order valence-corrected chi connectivity index (χ4v) is 2.89. The lowest BCUT2D eigenvalue weighted by Gasteiger charge is -2.17. The molecule has 0 saturated heterocycles. The molecule has 0 radical (unpaired) electrons. The predicted molar refractivity (Wildman–Crippen MR) is 144 cm³/mol. The van der Waals surface area contributed by atoms with Crippen molar-refractivity contribution in [1.29, 1.82) is 0 Å². The molecule has 2 aromatic carbocycles. The topological polar surface area (TPSA) is 47.9 Å². The van der Waals surface area contributed by atoms with E-state index >= 15 is 0 Å². The summed E-state index contributed by atoms with van der Waals surface area (Å²) < 4.78 is 11.8. The number of ether oxygens (including phenoxy) is 2. The largest absolute Gasteiger partial charge is 0.487 e.